The van der Waals surface area contributed by atoms with E-state index in [0.29, 0.717) is 23.6 Å². The molecule has 1 aromatic carbocycles. The third kappa shape index (κ3) is 2.88. The zero-order valence-electron chi connectivity index (χ0n) is 11.7. The lowest BCUT2D eigenvalue weighted by Crippen LogP contribution is -2.45. The Balaban J connectivity index is 2.24. The van der Waals surface area contributed by atoms with Crippen molar-refractivity contribution in [2.75, 3.05) is 5.88 Å². The van der Waals surface area contributed by atoms with Gasteiger partial charge in [-0.2, -0.15) is 0 Å². The third-order valence-corrected chi connectivity index (χ3v) is 3.91. The van der Waals surface area contributed by atoms with E-state index >= 15 is 0 Å². The predicted molar refractivity (Wildman–Crippen MR) is 80.1 cm³/mol. The minimum atomic E-state index is -0.609. The van der Waals surface area contributed by atoms with Crippen LogP contribution in [0.15, 0.2) is 47.1 Å². The number of carbonyl (C=O) groups is 1. The fraction of sp³-hybridized carbons (Fsp3) is 0.312. The summed E-state index contributed by atoms with van der Waals surface area (Å²) < 4.78 is 5.29. The molecule has 20 heavy (non-hydrogen) atoms. The number of alkyl halides is 1. The molecule has 0 fully saturated rings. The number of amides is 1. The summed E-state index contributed by atoms with van der Waals surface area (Å²) in [6.07, 6.45) is 2.22. The standard InChI is InChI=1S/C16H18ClNO2/c1-3-14-13(9-10-20-14)15(19)18-16(2,11-17)12-7-5-4-6-8-12/h4-10H,3,11H2,1-2H3,(H,18,19). The zero-order valence-corrected chi connectivity index (χ0v) is 12.4. The molecule has 2 rings (SSSR count). The van der Waals surface area contributed by atoms with Crippen LogP contribution in [0.5, 0.6) is 0 Å². The molecule has 1 aromatic heterocycles. The van der Waals surface area contributed by atoms with E-state index in [4.69, 9.17) is 16.0 Å². The highest BCUT2D eigenvalue weighted by Gasteiger charge is 2.29. The van der Waals surface area contributed by atoms with Crippen LogP contribution in [-0.4, -0.2) is 11.8 Å². The topological polar surface area (TPSA) is 42.2 Å². The molecule has 0 spiro atoms. The van der Waals surface area contributed by atoms with Gasteiger partial charge in [0.05, 0.1) is 17.4 Å². The summed E-state index contributed by atoms with van der Waals surface area (Å²) in [6.45, 7) is 3.87. The van der Waals surface area contributed by atoms with Gasteiger partial charge >= 0.3 is 0 Å². The van der Waals surface area contributed by atoms with Gasteiger partial charge in [0, 0.05) is 12.3 Å². The Morgan fingerprint density at radius 3 is 2.60 bits per heavy atom. The Bertz CT molecular complexity index is 579. The molecule has 0 saturated carbocycles. The van der Waals surface area contributed by atoms with Gasteiger partial charge in [0.1, 0.15) is 5.76 Å². The number of nitrogens with one attached hydrogen (secondary N) is 1. The molecule has 1 atom stereocenters. The normalized spacial score (nSPS) is 13.8. The molecule has 0 aliphatic heterocycles. The maximum atomic E-state index is 12.4. The highest BCUT2D eigenvalue weighted by atomic mass is 35.5. The van der Waals surface area contributed by atoms with Gasteiger partial charge < -0.3 is 9.73 Å². The van der Waals surface area contributed by atoms with Gasteiger partial charge in [-0.1, -0.05) is 37.3 Å². The molecule has 2 aromatic rings. The first-order valence-corrected chi connectivity index (χ1v) is 7.14. The van der Waals surface area contributed by atoms with Gasteiger partial charge in [-0.3, -0.25) is 4.79 Å². The van der Waals surface area contributed by atoms with E-state index in [0.717, 1.165) is 5.56 Å². The molecule has 106 valence electrons. The summed E-state index contributed by atoms with van der Waals surface area (Å²) in [5.41, 5.74) is 0.937. The SMILES string of the molecule is CCc1occc1C(=O)NC(C)(CCl)c1ccccc1. The van der Waals surface area contributed by atoms with E-state index in [2.05, 4.69) is 5.32 Å². The van der Waals surface area contributed by atoms with Gasteiger partial charge in [-0.05, 0) is 18.6 Å². The summed E-state index contributed by atoms with van der Waals surface area (Å²) in [5, 5.41) is 3.01. The number of aryl methyl sites for hydroxylation is 1. The van der Waals surface area contributed by atoms with Crippen LogP contribution in [0.3, 0.4) is 0 Å². The van der Waals surface area contributed by atoms with Crippen molar-refractivity contribution in [2.45, 2.75) is 25.8 Å². The zero-order chi connectivity index (χ0) is 14.6. The molecule has 1 unspecified atom stereocenters. The van der Waals surface area contributed by atoms with Crippen molar-refractivity contribution >= 4 is 17.5 Å². The van der Waals surface area contributed by atoms with E-state index in [1.54, 1.807) is 6.07 Å². The summed E-state index contributed by atoms with van der Waals surface area (Å²) >= 11 is 6.08. The number of benzene rings is 1. The highest BCUT2D eigenvalue weighted by Crippen LogP contribution is 2.23. The summed E-state index contributed by atoms with van der Waals surface area (Å²) in [5.74, 6) is 0.817. The molecular formula is C16H18ClNO2. The number of hydrogen-bond donors (Lipinski definition) is 1. The van der Waals surface area contributed by atoms with E-state index in [-0.39, 0.29) is 5.91 Å². The molecule has 3 nitrogen and oxygen atoms in total. The average molecular weight is 292 g/mol. The maximum Gasteiger partial charge on any atom is 0.255 e. The molecule has 1 heterocycles. The lowest BCUT2D eigenvalue weighted by Gasteiger charge is -2.29. The smallest absolute Gasteiger partial charge is 0.255 e. The monoisotopic (exact) mass is 291 g/mol. The minimum absolute atomic E-state index is 0.164. The number of hydrogen-bond acceptors (Lipinski definition) is 2. The third-order valence-electron chi connectivity index (χ3n) is 3.38. The fourth-order valence-corrected chi connectivity index (χ4v) is 2.34. The van der Waals surface area contributed by atoms with E-state index in [9.17, 15) is 4.79 Å². The molecular weight excluding hydrogens is 274 g/mol. The van der Waals surface area contributed by atoms with Crippen LogP contribution in [0, 0.1) is 0 Å². The lowest BCUT2D eigenvalue weighted by atomic mass is 9.93. The lowest BCUT2D eigenvalue weighted by molar-refractivity contribution is 0.0911. The highest BCUT2D eigenvalue weighted by molar-refractivity contribution is 6.19. The Kier molecular flexibility index (Phi) is 4.50. The van der Waals surface area contributed by atoms with Crippen LogP contribution in [0.25, 0.3) is 0 Å². The second-order valence-electron chi connectivity index (χ2n) is 4.90. The van der Waals surface area contributed by atoms with Gasteiger partial charge in [0.2, 0.25) is 0 Å². The molecule has 0 radical (unpaired) electrons. The molecule has 0 bridgehead atoms. The summed E-state index contributed by atoms with van der Waals surface area (Å²) in [6, 6.07) is 11.4. The van der Waals surface area contributed by atoms with Gasteiger partial charge in [0.15, 0.2) is 0 Å². The largest absolute Gasteiger partial charge is 0.469 e. The van der Waals surface area contributed by atoms with E-state index in [1.807, 2.05) is 44.2 Å². The number of halogens is 1. The number of carbonyl (C=O) groups excluding carboxylic acids is 1. The first-order valence-electron chi connectivity index (χ1n) is 6.61. The Hall–Kier alpha value is -1.74. The minimum Gasteiger partial charge on any atom is -0.469 e. The molecule has 1 amide bonds. The van der Waals surface area contributed by atoms with Gasteiger partial charge in [0.25, 0.3) is 5.91 Å². The number of furan rings is 1. The van der Waals surface area contributed by atoms with Crippen LogP contribution in [0.1, 0.15) is 35.5 Å². The molecule has 4 heteroatoms. The molecule has 0 aliphatic carbocycles. The van der Waals surface area contributed by atoms with Crippen LogP contribution in [0.2, 0.25) is 0 Å². The fourth-order valence-electron chi connectivity index (χ4n) is 2.12. The van der Waals surface area contributed by atoms with E-state index in [1.165, 1.54) is 6.26 Å². The van der Waals surface area contributed by atoms with Crippen LogP contribution in [0.4, 0.5) is 0 Å². The van der Waals surface area contributed by atoms with Crippen LogP contribution in [-0.2, 0) is 12.0 Å². The number of rotatable bonds is 5. The second-order valence-corrected chi connectivity index (χ2v) is 5.16. The van der Waals surface area contributed by atoms with Crippen molar-refractivity contribution in [3.05, 3.63) is 59.5 Å². The summed E-state index contributed by atoms with van der Waals surface area (Å²) in [4.78, 5) is 12.4. The first-order chi connectivity index (χ1) is 9.60. The Labute approximate surface area is 123 Å². The van der Waals surface area contributed by atoms with Crippen molar-refractivity contribution in [1.82, 2.24) is 5.32 Å². The van der Waals surface area contributed by atoms with Crippen LogP contribution >= 0.6 is 11.6 Å². The second kappa shape index (κ2) is 6.14. The Morgan fingerprint density at radius 2 is 2.00 bits per heavy atom. The van der Waals surface area contributed by atoms with Crippen molar-refractivity contribution in [2.24, 2.45) is 0 Å². The summed E-state index contributed by atoms with van der Waals surface area (Å²) in [7, 11) is 0. The Morgan fingerprint density at radius 1 is 1.30 bits per heavy atom. The van der Waals surface area contributed by atoms with Gasteiger partial charge in [-0.25, -0.2) is 0 Å². The predicted octanol–water partition coefficient (Wildman–Crippen LogP) is 3.73. The molecule has 0 aliphatic rings. The van der Waals surface area contributed by atoms with Crippen LogP contribution < -0.4 is 5.32 Å². The average Bonchev–Trinajstić information content (AvgIpc) is 2.96. The van der Waals surface area contributed by atoms with Crippen molar-refractivity contribution < 1.29 is 9.21 Å². The van der Waals surface area contributed by atoms with Crippen molar-refractivity contribution in [3.63, 3.8) is 0 Å². The van der Waals surface area contributed by atoms with Gasteiger partial charge in [-0.15, -0.1) is 11.6 Å². The molecule has 0 saturated heterocycles. The van der Waals surface area contributed by atoms with E-state index < -0.39 is 5.54 Å². The van der Waals surface area contributed by atoms with Crippen molar-refractivity contribution in [3.8, 4) is 0 Å². The maximum absolute atomic E-state index is 12.4. The molecule has 1 N–H and O–H groups in total. The first kappa shape index (κ1) is 14.7. The quantitative estimate of drug-likeness (QED) is 0.853. The van der Waals surface area contributed by atoms with Crippen molar-refractivity contribution in [1.29, 1.82) is 0 Å².